The molecule has 0 fully saturated rings. The lowest BCUT2D eigenvalue weighted by molar-refractivity contribution is 0.646. The molecule has 14 heavy (non-hydrogen) atoms. The molecule has 0 aliphatic rings. The molecular weight excluding hydrogens is 174 g/mol. The van der Waals surface area contributed by atoms with E-state index in [9.17, 15) is 0 Å². The van der Waals surface area contributed by atoms with Gasteiger partial charge in [-0.25, -0.2) is 0 Å². The predicted molar refractivity (Wildman–Crippen MR) is 55.7 cm³/mol. The van der Waals surface area contributed by atoms with Crippen molar-refractivity contribution < 1.29 is 0 Å². The summed E-state index contributed by atoms with van der Waals surface area (Å²) in [4.78, 5) is 0. The Balaban J connectivity index is 2.19. The van der Waals surface area contributed by atoms with Crippen LogP contribution in [0.3, 0.4) is 0 Å². The van der Waals surface area contributed by atoms with Gasteiger partial charge in [0.2, 0.25) is 0 Å². The molecule has 0 aliphatic heterocycles. The first kappa shape index (κ1) is 8.97. The summed E-state index contributed by atoms with van der Waals surface area (Å²) in [5.41, 5.74) is 7.89. The first-order chi connectivity index (χ1) is 6.90. The van der Waals surface area contributed by atoms with Crippen LogP contribution in [0.25, 0.3) is 0 Å². The van der Waals surface area contributed by atoms with Crippen LogP contribution in [-0.2, 0) is 13.1 Å². The highest BCUT2D eigenvalue weighted by Gasteiger charge is 2.00. The first-order valence-corrected chi connectivity index (χ1v) is 4.65. The minimum atomic E-state index is 0.535. The zero-order valence-corrected chi connectivity index (χ0v) is 7.93. The highest BCUT2D eigenvalue weighted by molar-refractivity contribution is 5.15. The van der Waals surface area contributed by atoms with Crippen molar-refractivity contribution in [1.82, 2.24) is 9.78 Å². The van der Waals surface area contributed by atoms with Crippen LogP contribution in [0, 0.1) is 0 Å². The molecule has 1 heterocycles. The van der Waals surface area contributed by atoms with Gasteiger partial charge in [-0.15, -0.1) is 0 Å². The molecule has 3 nitrogen and oxygen atoms in total. The minimum absolute atomic E-state index is 0.535. The zero-order chi connectivity index (χ0) is 9.80. The second-order valence-electron chi connectivity index (χ2n) is 3.17. The molecule has 2 aromatic rings. The van der Waals surface area contributed by atoms with Gasteiger partial charge in [-0.2, -0.15) is 5.10 Å². The van der Waals surface area contributed by atoms with Crippen LogP contribution in [0.2, 0.25) is 0 Å². The summed E-state index contributed by atoms with van der Waals surface area (Å²) < 4.78 is 1.93. The molecule has 0 amide bonds. The smallest absolute Gasteiger partial charge is 0.0663 e. The van der Waals surface area contributed by atoms with Gasteiger partial charge in [0, 0.05) is 12.7 Å². The topological polar surface area (TPSA) is 43.8 Å². The maximum Gasteiger partial charge on any atom is 0.0663 e. The maximum atomic E-state index is 5.59. The lowest BCUT2D eigenvalue weighted by atomic mass is 10.2. The lowest BCUT2D eigenvalue weighted by Crippen LogP contribution is -2.09. The largest absolute Gasteiger partial charge is 0.325 e. The Morgan fingerprint density at radius 3 is 2.64 bits per heavy atom. The van der Waals surface area contributed by atoms with Crippen LogP contribution in [0.5, 0.6) is 0 Å². The first-order valence-electron chi connectivity index (χ1n) is 4.65. The van der Waals surface area contributed by atoms with Crippen LogP contribution in [0.1, 0.15) is 11.3 Å². The quantitative estimate of drug-likeness (QED) is 0.789. The fraction of sp³-hybridized carbons (Fsp3) is 0.182. The second-order valence-corrected chi connectivity index (χ2v) is 3.17. The van der Waals surface area contributed by atoms with E-state index >= 15 is 0 Å². The number of nitrogens with zero attached hydrogens (tertiary/aromatic N) is 2. The fourth-order valence-corrected chi connectivity index (χ4v) is 1.43. The SMILES string of the molecule is NCc1ccnn1Cc1ccccc1. The van der Waals surface area contributed by atoms with Crippen LogP contribution in [0.15, 0.2) is 42.6 Å². The van der Waals surface area contributed by atoms with E-state index in [0.717, 1.165) is 12.2 Å². The van der Waals surface area contributed by atoms with E-state index in [1.807, 2.05) is 28.9 Å². The lowest BCUT2D eigenvalue weighted by Gasteiger charge is -2.05. The number of aromatic nitrogens is 2. The van der Waals surface area contributed by atoms with Crippen molar-refractivity contribution in [3.63, 3.8) is 0 Å². The van der Waals surface area contributed by atoms with Gasteiger partial charge in [0.1, 0.15) is 0 Å². The van der Waals surface area contributed by atoms with Crippen LogP contribution < -0.4 is 5.73 Å². The predicted octanol–water partition coefficient (Wildman–Crippen LogP) is 1.39. The molecular formula is C11H13N3. The summed E-state index contributed by atoms with van der Waals surface area (Å²) in [6.45, 7) is 1.33. The van der Waals surface area contributed by atoms with Crippen molar-refractivity contribution >= 4 is 0 Å². The third kappa shape index (κ3) is 1.83. The summed E-state index contributed by atoms with van der Waals surface area (Å²) in [6, 6.07) is 12.2. The second kappa shape index (κ2) is 4.07. The Hall–Kier alpha value is -1.61. The van der Waals surface area contributed by atoms with E-state index < -0.39 is 0 Å². The van der Waals surface area contributed by atoms with E-state index in [2.05, 4.69) is 17.2 Å². The Labute approximate surface area is 83.2 Å². The number of nitrogens with two attached hydrogens (primary N) is 1. The van der Waals surface area contributed by atoms with Crippen molar-refractivity contribution in [3.05, 3.63) is 53.9 Å². The molecule has 0 saturated carbocycles. The van der Waals surface area contributed by atoms with Gasteiger partial charge in [0.05, 0.1) is 12.2 Å². The third-order valence-electron chi connectivity index (χ3n) is 2.19. The van der Waals surface area contributed by atoms with Gasteiger partial charge in [-0.3, -0.25) is 4.68 Å². The van der Waals surface area contributed by atoms with E-state index in [4.69, 9.17) is 5.73 Å². The van der Waals surface area contributed by atoms with E-state index in [1.54, 1.807) is 6.20 Å². The van der Waals surface area contributed by atoms with Crippen molar-refractivity contribution in [2.24, 2.45) is 5.73 Å². The van der Waals surface area contributed by atoms with Crippen molar-refractivity contribution in [2.75, 3.05) is 0 Å². The van der Waals surface area contributed by atoms with Gasteiger partial charge in [-0.05, 0) is 11.6 Å². The molecule has 1 aromatic heterocycles. The third-order valence-corrected chi connectivity index (χ3v) is 2.19. The minimum Gasteiger partial charge on any atom is -0.325 e. The molecule has 1 aromatic carbocycles. The van der Waals surface area contributed by atoms with E-state index in [0.29, 0.717) is 6.54 Å². The molecule has 0 spiro atoms. The summed E-state index contributed by atoms with van der Waals surface area (Å²) in [6.07, 6.45) is 1.78. The van der Waals surface area contributed by atoms with Gasteiger partial charge < -0.3 is 5.73 Å². The van der Waals surface area contributed by atoms with Gasteiger partial charge in [-0.1, -0.05) is 30.3 Å². The zero-order valence-electron chi connectivity index (χ0n) is 7.93. The molecule has 0 unspecified atom stereocenters. The maximum absolute atomic E-state index is 5.59. The molecule has 0 bridgehead atoms. The van der Waals surface area contributed by atoms with E-state index in [1.165, 1.54) is 5.56 Å². The molecule has 0 atom stereocenters. The molecule has 3 heteroatoms. The highest BCUT2D eigenvalue weighted by Crippen LogP contribution is 2.04. The van der Waals surface area contributed by atoms with Gasteiger partial charge >= 0.3 is 0 Å². The molecule has 2 N–H and O–H groups in total. The average molecular weight is 187 g/mol. The summed E-state index contributed by atoms with van der Waals surface area (Å²) in [5, 5.41) is 4.22. The van der Waals surface area contributed by atoms with Crippen LogP contribution in [-0.4, -0.2) is 9.78 Å². The highest BCUT2D eigenvalue weighted by atomic mass is 15.3. The van der Waals surface area contributed by atoms with E-state index in [-0.39, 0.29) is 0 Å². The van der Waals surface area contributed by atoms with Crippen LogP contribution >= 0.6 is 0 Å². The number of hydrogen-bond acceptors (Lipinski definition) is 2. The molecule has 2 rings (SSSR count). The van der Waals surface area contributed by atoms with Gasteiger partial charge in [0.15, 0.2) is 0 Å². The summed E-state index contributed by atoms with van der Waals surface area (Å²) in [7, 11) is 0. The Morgan fingerprint density at radius 2 is 1.93 bits per heavy atom. The average Bonchev–Trinajstić information content (AvgIpc) is 2.67. The Bertz CT molecular complexity index is 392. The fourth-order valence-electron chi connectivity index (χ4n) is 1.43. The van der Waals surface area contributed by atoms with Crippen LogP contribution in [0.4, 0.5) is 0 Å². The van der Waals surface area contributed by atoms with Crippen molar-refractivity contribution in [1.29, 1.82) is 0 Å². The molecule has 0 aliphatic carbocycles. The molecule has 0 radical (unpaired) electrons. The molecule has 0 saturated heterocycles. The Kier molecular flexibility index (Phi) is 2.60. The molecule has 72 valence electrons. The van der Waals surface area contributed by atoms with Crippen molar-refractivity contribution in [3.8, 4) is 0 Å². The number of rotatable bonds is 3. The standard InChI is InChI=1S/C11H13N3/c12-8-11-6-7-13-14(11)9-10-4-2-1-3-5-10/h1-7H,8-9,12H2. The Morgan fingerprint density at radius 1 is 1.14 bits per heavy atom. The summed E-state index contributed by atoms with van der Waals surface area (Å²) >= 11 is 0. The summed E-state index contributed by atoms with van der Waals surface area (Å²) in [5.74, 6) is 0. The monoisotopic (exact) mass is 187 g/mol. The number of benzene rings is 1. The normalized spacial score (nSPS) is 10.4. The van der Waals surface area contributed by atoms with Crippen molar-refractivity contribution in [2.45, 2.75) is 13.1 Å². The van der Waals surface area contributed by atoms with Gasteiger partial charge in [0.25, 0.3) is 0 Å². The number of hydrogen-bond donors (Lipinski definition) is 1.